The van der Waals surface area contributed by atoms with Crippen molar-refractivity contribution in [2.45, 2.75) is 142 Å². The van der Waals surface area contributed by atoms with Gasteiger partial charge in [0, 0.05) is 31.6 Å². The molecule has 0 aliphatic carbocycles. The van der Waals surface area contributed by atoms with Gasteiger partial charge in [0.1, 0.15) is 37.5 Å². The molecule has 1 aliphatic heterocycles. The van der Waals surface area contributed by atoms with Gasteiger partial charge in [-0.05, 0) is 85.3 Å². The van der Waals surface area contributed by atoms with Gasteiger partial charge in [0.15, 0.2) is 5.82 Å². The van der Waals surface area contributed by atoms with Crippen LogP contribution in [0.2, 0.25) is 16.6 Å². The Morgan fingerprint density at radius 2 is 1.42 bits per heavy atom. The smallest absolute Gasteiger partial charge is 0.351 e. The van der Waals surface area contributed by atoms with Crippen LogP contribution in [0.5, 0.6) is 11.5 Å². The van der Waals surface area contributed by atoms with Crippen molar-refractivity contribution in [1.82, 2.24) is 14.2 Å². The van der Waals surface area contributed by atoms with Crippen LogP contribution in [-0.4, -0.2) is 79.9 Å². The maximum atomic E-state index is 14.2. The maximum Gasteiger partial charge on any atom is 0.351 e. The number of nitriles is 1. The van der Waals surface area contributed by atoms with Gasteiger partial charge in [-0.15, -0.1) is 5.54 Å². The number of carbonyl (C=O) groups is 1. The first-order chi connectivity index (χ1) is 31.9. The van der Waals surface area contributed by atoms with E-state index in [0.717, 1.165) is 16.7 Å². The molecule has 1 aliphatic rings. The van der Waals surface area contributed by atoms with E-state index in [1.807, 2.05) is 78.9 Å². The standard InChI is InChI=1S/C52H70N5O8PSi/c1-35(2)57(36(3)4)66(63-30-17-29-53)65-47-32-49(56-33-41(50(54-40(11)58)55-51(56)59)28-31-67(37(5)6,38(7)8)39(9)10)64-48(47)34-62-52(42-18-15-14-16-19-42,43-20-24-45(60-12)25-21-43)44-22-26-46(61-13)27-23-44/h14-16,18-27,33,35-39,47-49H,17,30,32,34H2,1-13H3,(H,54,55,58,59)/t47-,48+,49+,66?/m0/s1. The molecule has 1 fully saturated rings. The van der Waals surface area contributed by atoms with Crippen molar-refractivity contribution in [3.8, 4) is 29.0 Å². The Morgan fingerprint density at radius 1 is 0.881 bits per heavy atom. The van der Waals surface area contributed by atoms with Gasteiger partial charge in [0.05, 0.1) is 51.6 Å². The van der Waals surface area contributed by atoms with Gasteiger partial charge in [-0.1, -0.05) is 102 Å². The predicted molar refractivity (Wildman–Crippen MR) is 268 cm³/mol. The number of rotatable bonds is 21. The summed E-state index contributed by atoms with van der Waals surface area (Å²) >= 11 is 0. The Bertz CT molecular complexity index is 2320. The first-order valence-electron chi connectivity index (χ1n) is 23.3. The second-order valence-electron chi connectivity index (χ2n) is 18.4. The lowest BCUT2D eigenvalue weighted by atomic mass is 9.80. The zero-order chi connectivity index (χ0) is 49.1. The van der Waals surface area contributed by atoms with E-state index in [4.69, 9.17) is 28.0 Å². The molecule has 0 bridgehead atoms. The third-order valence-electron chi connectivity index (χ3n) is 12.5. The van der Waals surface area contributed by atoms with Gasteiger partial charge in [-0.3, -0.25) is 9.36 Å². The van der Waals surface area contributed by atoms with Crippen LogP contribution in [0.4, 0.5) is 5.82 Å². The van der Waals surface area contributed by atoms with E-state index in [1.54, 1.807) is 20.4 Å². The molecule has 0 saturated carbocycles. The molecule has 1 unspecified atom stereocenters. The summed E-state index contributed by atoms with van der Waals surface area (Å²) in [7, 11) is -0.724. The van der Waals surface area contributed by atoms with Crippen molar-refractivity contribution in [2.24, 2.45) is 0 Å². The summed E-state index contributed by atoms with van der Waals surface area (Å²) in [5.41, 5.74) is 5.95. The van der Waals surface area contributed by atoms with E-state index >= 15 is 0 Å². The Hall–Kier alpha value is -4.89. The Balaban J connectivity index is 1.69. The molecule has 360 valence electrons. The van der Waals surface area contributed by atoms with Crippen LogP contribution in [0.15, 0.2) is 89.9 Å². The molecule has 5 rings (SSSR count). The molecule has 1 amide bonds. The number of benzene rings is 3. The predicted octanol–water partition coefficient (Wildman–Crippen LogP) is 10.7. The summed E-state index contributed by atoms with van der Waals surface area (Å²) in [5, 5.41) is 12.3. The van der Waals surface area contributed by atoms with Crippen LogP contribution in [0.3, 0.4) is 0 Å². The number of ether oxygens (including phenoxy) is 4. The Kier molecular flexibility index (Phi) is 18.9. The van der Waals surface area contributed by atoms with E-state index in [2.05, 4.69) is 102 Å². The molecule has 2 heterocycles. The Labute approximate surface area is 400 Å². The van der Waals surface area contributed by atoms with Crippen molar-refractivity contribution in [3.05, 3.63) is 118 Å². The normalized spacial score (nSPS) is 17.0. The zero-order valence-corrected chi connectivity index (χ0v) is 43.4. The number of carbonyl (C=O) groups excluding carboxylic acids is 1. The second kappa shape index (κ2) is 23.9. The van der Waals surface area contributed by atoms with Gasteiger partial charge < -0.3 is 33.3 Å². The van der Waals surface area contributed by atoms with Crippen molar-refractivity contribution in [1.29, 1.82) is 5.26 Å². The SMILES string of the molecule is COc1ccc(C(OC[C@H]2O[C@@H](n3cc(C#C[Si](C(C)C)(C(C)C)C(C)C)c(NC(C)=O)nc3=O)C[C@@H]2OP(OCCC#N)N(C(C)C)C(C)C)(c2ccccc2)c2ccc(OC)cc2)cc1. The van der Waals surface area contributed by atoms with E-state index in [0.29, 0.717) is 33.7 Å². The molecule has 1 aromatic heterocycles. The van der Waals surface area contributed by atoms with Gasteiger partial charge in [-0.2, -0.15) is 10.2 Å². The highest BCUT2D eigenvalue weighted by Crippen LogP contribution is 2.51. The van der Waals surface area contributed by atoms with E-state index in [9.17, 15) is 14.9 Å². The quantitative estimate of drug-likeness (QED) is 0.0280. The fourth-order valence-electron chi connectivity index (χ4n) is 9.46. The maximum absolute atomic E-state index is 14.2. The van der Waals surface area contributed by atoms with Crippen molar-refractivity contribution in [2.75, 3.05) is 32.8 Å². The first kappa shape index (κ1) is 53.1. The van der Waals surface area contributed by atoms with Gasteiger partial charge >= 0.3 is 5.69 Å². The highest BCUT2D eigenvalue weighted by Gasteiger charge is 2.46. The van der Waals surface area contributed by atoms with Crippen molar-refractivity contribution >= 4 is 28.3 Å². The molecule has 4 aromatic rings. The lowest BCUT2D eigenvalue weighted by Crippen LogP contribution is -2.43. The summed E-state index contributed by atoms with van der Waals surface area (Å²) in [6.07, 6.45) is -0.233. The highest BCUT2D eigenvalue weighted by molar-refractivity contribution is 7.44. The molecule has 67 heavy (non-hydrogen) atoms. The summed E-state index contributed by atoms with van der Waals surface area (Å²) in [4.78, 5) is 31.1. The van der Waals surface area contributed by atoms with Gasteiger partial charge in [0.25, 0.3) is 8.53 Å². The lowest BCUT2D eigenvalue weighted by molar-refractivity contribution is -0.114. The molecule has 3 aromatic carbocycles. The zero-order valence-electron chi connectivity index (χ0n) is 41.5. The number of nitrogens with one attached hydrogen (secondary N) is 1. The molecular weight excluding hydrogens is 882 g/mol. The minimum absolute atomic E-state index is 0.00292. The van der Waals surface area contributed by atoms with Crippen molar-refractivity contribution in [3.63, 3.8) is 0 Å². The fourth-order valence-corrected chi connectivity index (χ4v) is 16.4. The van der Waals surface area contributed by atoms with E-state index in [-0.39, 0.29) is 49.9 Å². The summed E-state index contributed by atoms with van der Waals surface area (Å²) < 4.78 is 42.6. The number of hydrogen-bond donors (Lipinski definition) is 1. The van der Waals surface area contributed by atoms with Crippen LogP contribution in [-0.2, 0) is 28.9 Å². The second-order valence-corrected chi connectivity index (χ2v) is 25.4. The molecule has 15 heteroatoms. The number of amides is 1. The largest absolute Gasteiger partial charge is 0.497 e. The summed E-state index contributed by atoms with van der Waals surface area (Å²) in [6, 6.07) is 27.9. The third kappa shape index (κ3) is 12.2. The minimum atomic E-state index is -2.25. The number of methoxy groups -OCH3 is 2. The van der Waals surface area contributed by atoms with Crippen LogP contribution < -0.4 is 20.5 Å². The number of anilines is 1. The highest BCUT2D eigenvalue weighted by atomic mass is 31.2. The summed E-state index contributed by atoms with van der Waals surface area (Å²) in [5.74, 6) is 4.56. The topological polar surface area (TPSA) is 146 Å². The third-order valence-corrected chi connectivity index (χ3v) is 21.0. The molecule has 0 radical (unpaired) electrons. The van der Waals surface area contributed by atoms with E-state index < -0.39 is 46.3 Å². The average molecular weight is 952 g/mol. The summed E-state index contributed by atoms with van der Waals surface area (Å²) in [6.45, 7) is 23.3. The molecule has 4 atom stereocenters. The molecule has 1 N–H and O–H groups in total. The number of aromatic nitrogens is 2. The molecule has 1 saturated heterocycles. The minimum Gasteiger partial charge on any atom is -0.497 e. The monoisotopic (exact) mass is 951 g/mol. The molecule has 13 nitrogen and oxygen atoms in total. The molecular formula is C52H70N5O8PSi. The van der Waals surface area contributed by atoms with Gasteiger partial charge in [-0.25, -0.2) is 9.46 Å². The van der Waals surface area contributed by atoms with E-state index in [1.165, 1.54) is 11.5 Å². The van der Waals surface area contributed by atoms with Crippen LogP contribution in [0.1, 0.15) is 117 Å². The Morgan fingerprint density at radius 3 is 1.90 bits per heavy atom. The lowest BCUT2D eigenvalue weighted by Gasteiger charge is -2.39. The number of hydrogen-bond acceptors (Lipinski definition) is 11. The van der Waals surface area contributed by atoms with Crippen molar-refractivity contribution < 1.29 is 32.8 Å². The number of nitrogens with zero attached hydrogens (tertiary/aromatic N) is 4. The van der Waals surface area contributed by atoms with Crippen LogP contribution >= 0.6 is 8.53 Å². The van der Waals surface area contributed by atoms with Crippen LogP contribution in [0.25, 0.3) is 0 Å². The fraction of sp³-hybridized carbons (Fsp3) is 0.500. The van der Waals surface area contributed by atoms with Crippen LogP contribution in [0, 0.1) is 22.8 Å². The first-order valence-corrected chi connectivity index (χ1v) is 26.6. The van der Waals surface area contributed by atoms with Gasteiger partial charge in [0.2, 0.25) is 5.91 Å². The molecule has 0 spiro atoms. The average Bonchev–Trinajstić information content (AvgIpc) is 3.69.